The van der Waals surface area contributed by atoms with Crippen LogP contribution in [-0.2, 0) is 14.3 Å². The Morgan fingerprint density at radius 1 is 1.73 bits per heavy atom. The van der Waals surface area contributed by atoms with Crippen molar-refractivity contribution in [3.05, 3.63) is 0 Å². The van der Waals surface area contributed by atoms with Gasteiger partial charge in [0.25, 0.3) is 0 Å². The third-order valence-electron chi connectivity index (χ3n) is 3.19. The molecule has 2 heterocycles. The van der Waals surface area contributed by atoms with E-state index >= 15 is 0 Å². The van der Waals surface area contributed by atoms with Gasteiger partial charge in [-0.15, -0.1) is 0 Å². The summed E-state index contributed by atoms with van der Waals surface area (Å²) in [5.41, 5.74) is -0.869. The number of rotatable bonds is 2. The first-order valence-electron chi connectivity index (χ1n) is 5.26. The van der Waals surface area contributed by atoms with Crippen LogP contribution in [0.3, 0.4) is 0 Å². The lowest BCUT2D eigenvalue weighted by Gasteiger charge is -2.28. The van der Waals surface area contributed by atoms with E-state index in [0.717, 1.165) is 0 Å². The fourth-order valence-electron chi connectivity index (χ4n) is 2.54. The van der Waals surface area contributed by atoms with Gasteiger partial charge in [-0.05, 0) is 13.3 Å². The summed E-state index contributed by atoms with van der Waals surface area (Å²) in [6.07, 6.45) is 0.573. The van der Waals surface area contributed by atoms with Gasteiger partial charge < -0.3 is 14.7 Å². The standard InChI is InChI=1S/C10H15NO4/c1-2-15-9(14)10-4-3-8(13)11(10)6-7(12)5-10/h7,12H,2-6H2,1H3/t7-,10+/m0/s1. The molecule has 0 radical (unpaired) electrons. The molecule has 2 atom stereocenters. The van der Waals surface area contributed by atoms with Crippen molar-refractivity contribution >= 4 is 11.9 Å². The van der Waals surface area contributed by atoms with Gasteiger partial charge in [-0.25, -0.2) is 4.79 Å². The van der Waals surface area contributed by atoms with Crippen molar-refractivity contribution in [2.75, 3.05) is 13.2 Å². The number of esters is 1. The second-order valence-electron chi connectivity index (χ2n) is 4.11. The van der Waals surface area contributed by atoms with Gasteiger partial charge in [0.2, 0.25) is 5.91 Å². The summed E-state index contributed by atoms with van der Waals surface area (Å²) < 4.78 is 4.98. The molecule has 2 saturated heterocycles. The van der Waals surface area contributed by atoms with E-state index in [9.17, 15) is 14.7 Å². The quantitative estimate of drug-likeness (QED) is 0.638. The lowest BCUT2D eigenvalue weighted by atomic mass is 9.93. The molecule has 2 aliphatic rings. The van der Waals surface area contributed by atoms with Gasteiger partial charge in [0.1, 0.15) is 5.54 Å². The number of ether oxygens (including phenoxy) is 1. The second kappa shape index (κ2) is 3.48. The zero-order chi connectivity index (χ0) is 11.1. The van der Waals surface area contributed by atoms with E-state index in [0.29, 0.717) is 25.9 Å². The Labute approximate surface area is 88.0 Å². The molecule has 5 heteroatoms. The molecule has 0 saturated carbocycles. The predicted molar refractivity (Wildman–Crippen MR) is 50.9 cm³/mol. The van der Waals surface area contributed by atoms with E-state index in [1.807, 2.05) is 0 Å². The van der Waals surface area contributed by atoms with Crippen molar-refractivity contribution in [2.24, 2.45) is 0 Å². The van der Waals surface area contributed by atoms with E-state index in [1.54, 1.807) is 6.92 Å². The number of β-amino-alcohol motifs (C(OH)–C–C–N with tert-alkyl or cyclic N) is 1. The normalized spacial score (nSPS) is 34.4. The van der Waals surface area contributed by atoms with Crippen LogP contribution in [0, 0.1) is 0 Å². The lowest BCUT2D eigenvalue weighted by molar-refractivity contribution is -0.157. The van der Waals surface area contributed by atoms with Crippen molar-refractivity contribution in [2.45, 2.75) is 37.8 Å². The van der Waals surface area contributed by atoms with Crippen LogP contribution in [0.2, 0.25) is 0 Å². The molecule has 0 aromatic heterocycles. The van der Waals surface area contributed by atoms with Crippen LogP contribution in [-0.4, -0.2) is 46.7 Å². The number of amides is 1. The molecular weight excluding hydrogens is 198 g/mol. The molecule has 2 aliphatic heterocycles. The summed E-state index contributed by atoms with van der Waals surface area (Å²) in [6, 6.07) is 0. The Kier molecular flexibility index (Phi) is 2.42. The first-order chi connectivity index (χ1) is 7.10. The van der Waals surface area contributed by atoms with Crippen LogP contribution in [0.25, 0.3) is 0 Å². The van der Waals surface area contributed by atoms with E-state index in [4.69, 9.17) is 4.74 Å². The number of nitrogens with zero attached hydrogens (tertiary/aromatic N) is 1. The smallest absolute Gasteiger partial charge is 0.332 e. The molecule has 0 aliphatic carbocycles. The van der Waals surface area contributed by atoms with Gasteiger partial charge in [-0.2, -0.15) is 0 Å². The summed E-state index contributed by atoms with van der Waals surface area (Å²) in [5, 5.41) is 9.53. The van der Waals surface area contributed by atoms with Crippen LogP contribution >= 0.6 is 0 Å². The molecule has 0 bridgehead atoms. The maximum absolute atomic E-state index is 11.8. The van der Waals surface area contributed by atoms with E-state index in [1.165, 1.54) is 4.90 Å². The van der Waals surface area contributed by atoms with Crippen LogP contribution in [0.4, 0.5) is 0 Å². The molecule has 0 aromatic rings. The van der Waals surface area contributed by atoms with Crippen LogP contribution in [0.15, 0.2) is 0 Å². The third kappa shape index (κ3) is 1.42. The fraction of sp³-hybridized carbons (Fsp3) is 0.800. The number of hydrogen-bond donors (Lipinski definition) is 1. The predicted octanol–water partition coefficient (Wildman–Crippen LogP) is -0.325. The van der Waals surface area contributed by atoms with E-state index in [-0.39, 0.29) is 18.4 Å². The van der Waals surface area contributed by atoms with Crippen LogP contribution < -0.4 is 0 Å². The average Bonchev–Trinajstić information content (AvgIpc) is 2.66. The summed E-state index contributed by atoms with van der Waals surface area (Å²) in [5.74, 6) is -0.424. The van der Waals surface area contributed by atoms with Crippen molar-refractivity contribution in [1.29, 1.82) is 0 Å². The first-order valence-corrected chi connectivity index (χ1v) is 5.26. The Morgan fingerprint density at radius 2 is 2.47 bits per heavy atom. The molecule has 84 valence electrons. The molecule has 1 N–H and O–H groups in total. The Balaban J connectivity index is 2.24. The average molecular weight is 213 g/mol. The highest BCUT2D eigenvalue weighted by atomic mass is 16.5. The number of carbonyl (C=O) groups excluding carboxylic acids is 2. The van der Waals surface area contributed by atoms with E-state index < -0.39 is 11.6 Å². The molecular formula is C10H15NO4. The third-order valence-corrected chi connectivity index (χ3v) is 3.19. The number of aliphatic hydroxyl groups excluding tert-OH is 1. The second-order valence-corrected chi connectivity index (χ2v) is 4.11. The molecule has 0 unspecified atom stereocenters. The lowest BCUT2D eigenvalue weighted by Crippen LogP contribution is -2.48. The van der Waals surface area contributed by atoms with Crippen molar-refractivity contribution < 1.29 is 19.4 Å². The van der Waals surface area contributed by atoms with Gasteiger partial charge in [-0.3, -0.25) is 4.79 Å². The minimum absolute atomic E-state index is 0.0559. The number of carbonyl (C=O) groups is 2. The molecule has 2 fully saturated rings. The highest BCUT2D eigenvalue weighted by Crippen LogP contribution is 2.40. The van der Waals surface area contributed by atoms with Crippen molar-refractivity contribution in [3.8, 4) is 0 Å². The van der Waals surface area contributed by atoms with E-state index in [2.05, 4.69) is 0 Å². The summed E-state index contributed by atoms with van der Waals surface area (Å²) >= 11 is 0. The monoisotopic (exact) mass is 213 g/mol. The van der Waals surface area contributed by atoms with Gasteiger partial charge in [0.15, 0.2) is 0 Å². The highest BCUT2D eigenvalue weighted by molar-refractivity contribution is 5.92. The highest BCUT2D eigenvalue weighted by Gasteiger charge is 2.57. The molecule has 15 heavy (non-hydrogen) atoms. The van der Waals surface area contributed by atoms with Gasteiger partial charge >= 0.3 is 5.97 Å². The van der Waals surface area contributed by atoms with Crippen molar-refractivity contribution in [1.82, 2.24) is 4.90 Å². The first kappa shape index (κ1) is 10.4. The Bertz CT molecular complexity index is 304. The van der Waals surface area contributed by atoms with Gasteiger partial charge in [0, 0.05) is 19.4 Å². The zero-order valence-electron chi connectivity index (χ0n) is 8.73. The van der Waals surface area contributed by atoms with Crippen LogP contribution in [0.5, 0.6) is 0 Å². The molecule has 5 nitrogen and oxygen atoms in total. The van der Waals surface area contributed by atoms with Gasteiger partial charge in [-0.1, -0.05) is 0 Å². The Morgan fingerprint density at radius 3 is 3.13 bits per heavy atom. The molecule has 1 amide bonds. The molecule has 2 rings (SSSR count). The number of fused-ring (bicyclic) bond motifs is 1. The fourth-order valence-corrected chi connectivity index (χ4v) is 2.54. The maximum atomic E-state index is 11.8. The minimum atomic E-state index is -0.869. The summed E-state index contributed by atoms with van der Waals surface area (Å²) in [4.78, 5) is 24.8. The summed E-state index contributed by atoms with van der Waals surface area (Å²) in [7, 11) is 0. The maximum Gasteiger partial charge on any atom is 0.332 e. The largest absolute Gasteiger partial charge is 0.464 e. The topological polar surface area (TPSA) is 66.8 Å². The van der Waals surface area contributed by atoms with Crippen LogP contribution in [0.1, 0.15) is 26.2 Å². The number of aliphatic hydroxyl groups is 1. The number of hydrogen-bond acceptors (Lipinski definition) is 4. The van der Waals surface area contributed by atoms with Gasteiger partial charge in [0.05, 0.1) is 12.7 Å². The Hall–Kier alpha value is -1.10. The zero-order valence-corrected chi connectivity index (χ0v) is 8.73. The minimum Gasteiger partial charge on any atom is -0.464 e. The SMILES string of the molecule is CCOC(=O)[C@]12CCC(=O)N1C[C@@H](O)C2. The molecule has 0 aromatic carbocycles. The molecule has 0 spiro atoms. The van der Waals surface area contributed by atoms with Crippen molar-refractivity contribution in [3.63, 3.8) is 0 Å². The summed E-state index contributed by atoms with van der Waals surface area (Å²) in [6.45, 7) is 2.30.